The Kier molecular flexibility index (Phi) is 18.2. The van der Waals surface area contributed by atoms with Crippen molar-refractivity contribution in [1.29, 1.82) is 0 Å². The smallest absolute Gasteiger partial charge is 0.184 e. The van der Waals surface area contributed by atoms with E-state index < -0.39 is 109 Å². The standard InChI is InChI=1S/C19H16Cl2FN3O4.C19H18ClFN4O4.C13H15ClO5.C6H3ClFN3/c20-9-1-2-10-8(5-9)3-4-28-15(10)16-13(26)14(27)19(29-16)25-6-11(22)12-17(21)23-7-24-18(12)25;20-9-1-2-10-8(5-9)3-4-28-15(10)16-13(26)14(27)19(29-16)25-6-11(21)12-17(22)23-7-24-18(12)25;14-7-1-2-8-6(5-7)3-4-18-11(8)12-9(15)10(16)13(17)19-12;7-5-4-3(8)1-9-6(4)11-2-10-5/h1-2,5-7,13-16,19,26-27H,3-4H2;1-2,5-7,13-16,19,26-27H,3-4H2,(H2,22,23,24);1-2,5,9-13,15-17H,3-4H2;1-2H,(H,9,10,11)/t2*13-,14+,15+,16-,19+;9-,10+,11+,12-,13?;/m000./s1. The van der Waals surface area contributed by atoms with E-state index in [-0.39, 0.29) is 43.6 Å². The zero-order chi connectivity index (χ0) is 62.0. The maximum atomic E-state index is 14.4. The number of nitrogen functional groups attached to an aromatic ring is 1. The van der Waals surface area contributed by atoms with Gasteiger partial charge in [0.1, 0.15) is 120 Å². The zero-order valence-electron chi connectivity index (χ0n) is 45.3. The maximum Gasteiger partial charge on any atom is 0.184 e. The monoisotopic (exact) mass is 1320 g/mol. The number of fused-ring (bicyclic) bond motifs is 6. The number of aliphatic hydroxyl groups is 7. The van der Waals surface area contributed by atoms with E-state index in [1.54, 1.807) is 18.2 Å². The molecular weight excluding hydrogens is 1270 g/mol. The minimum atomic E-state index is -1.39. The molecule has 464 valence electrons. The highest BCUT2D eigenvalue weighted by atomic mass is 35.5. The SMILES string of the molecule is Fc1c[nH]c2ncnc(Cl)c12.Nc1ncnc2c1c(F)cn2[C@@H]1O[C@H]([C@@H]2OCCc3cc(Cl)ccc32)[C@@H](O)[C@H]1O.OC1O[C@H]([C@@H]2OCCc3cc(Cl)ccc32)[C@@H](O)[C@H]1O.O[C@@H]1[C@H](O)[C@@H]([C@@H]2OCCc3cc(Cl)ccc32)O[C@H]1n1cc(F)c2c(Cl)ncnc21. The molecule has 0 aliphatic carbocycles. The molecule has 3 fully saturated rings. The first kappa shape index (κ1) is 62.2. The quantitative estimate of drug-likeness (QED) is 0.0810. The summed E-state index contributed by atoms with van der Waals surface area (Å²) < 4.78 is 78.9. The van der Waals surface area contributed by atoms with Gasteiger partial charge < -0.3 is 84.0 Å². The molecule has 3 saturated heterocycles. The van der Waals surface area contributed by atoms with Crippen molar-refractivity contribution >= 4 is 96.9 Å². The van der Waals surface area contributed by atoms with E-state index in [0.29, 0.717) is 53.4 Å². The van der Waals surface area contributed by atoms with Gasteiger partial charge in [-0.1, -0.05) is 76.2 Å². The third-order valence-electron chi connectivity index (χ3n) is 16.0. The number of nitrogens with one attached hydrogen (secondary N) is 1. The normalized spacial score (nSPS) is 28.9. The first-order valence-corrected chi connectivity index (χ1v) is 29.2. The Balaban J connectivity index is 0.000000120. The summed E-state index contributed by atoms with van der Waals surface area (Å²) in [5.74, 6) is -1.73. The van der Waals surface area contributed by atoms with Gasteiger partial charge in [-0.25, -0.2) is 43.1 Å². The van der Waals surface area contributed by atoms with Gasteiger partial charge in [0.15, 0.2) is 41.8 Å². The Labute approximate surface area is 520 Å². The molecule has 31 heteroatoms. The fourth-order valence-electron chi connectivity index (χ4n) is 11.8. The summed E-state index contributed by atoms with van der Waals surface area (Å²) in [6, 6.07) is 16.3. The van der Waals surface area contributed by atoms with Crippen LogP contribution < -0.4 is 5.73 Å². The third kappa shape index (κ3) is 11.8. The fourth-order valence-corrected chi connectivity index (χ4v) is 12.8. The van der Waals surface area contributed by atoms with E-state index >= 15 is 0 Å². The number of aromatic nitrogens is 9. The van der Waals surface area contributed by atoms with Crippen molar-refractivity contribution in [2.24, 2.45) is 0 Å². The Morgan fingerprint density at radius 1 is 0.477 bits per heavy atom. The number of hydrogen-bond acceptors (Lipinski definition) is 20. The lowest BCUT2D eigenvalue weighted by Gasteiger charge is -2.31. The van der Waals surface area contributed by atoms with Crippen LogP contribution in [0.25, 0.3) is 33.1 Å². The van der Waals surface area contributed by atoms with Crippen LogP contribution in [0.3, 0.4) is 0 Å². The van der Waals surface area contributed by atoms with Crippen LogP contribution in [0.5, 0.6) is 0 Å². The van der Waals surface area contributed by atoms with Gasteiger partial charge in [-0.3, -0.25) is 0 Å². The summed E-state index contributed by atoms with van der Waals surface area (Å²) in [6.45, 7) is 1.34. The topological polar surface area (TPSA) is 326 Å². The Morgan fingerprint density at radius 3 is 1.34 bits per heavy atom. The van der Waals surface area contributed by atoms with Gasteiger partial charge in [0.2, 0.25) is 0 Å². The molecule has 1 unspecified atom stereocenters. The number of H-pyrrole nitrogens is 1. The molecule has 0 amide bonds. The molecule has 23 nitrogen and oxygen atoms in total. The summed E-state index contributed by atoms with van der Waals surface area (Å²) in [5.41, 5.74) is 12.1. The van der Waals surface area contributed by atoms with Gasteiger partial charge in [0.05, 0.1) is 36.0 Å². The second-order valence-electron chi connectivity index (χ2n) is 21.2. The number of anilines is 1. The van der Waals surface area contributed by atoms with E-state index in [1.165, 1.54) is 34.3 Å². The Morgan fingerprint density at radius 2 is 0.886 bits per heavy atom. The molecule has 0 spiro atoms. The lowest BCUT2D eigenvalue weighted by atomic mass is 9.92. The van der Waals surface area contributed by atoms with Gasteiger partial charge in [-0.15, -0.1) is 0 Å². The van der Waals surface area contributed by atoms with Crippen LogP contribution in [-0.2, 0) is 47.7 Å². The fraction of sp³-hybridized carbons (Fsp3) is 0.368. The van der Waals surface area contributed by atoms with Crippen LogP contribution in [0, 0.1) is 17.5 Å². The van der Waals surface area contributed by atoms with Crippen LogP contribution in [0.15, 0.2) is 92.2 Å². The van der Waals surface area contributed by atoms with Crippen molar-refractivity contribution in [3.8, 4) is 0 Å². The number of ether oxygens (including phenoxy) is 6. The zero-order valence-corrected chi connectivity index (χ0v) is 49.1. The van der Waals surface area contributed by atoms with Crippen molar-refractivity contribution in [3.05, 3.63) is 168 Å². The molecule has 10 N–H and O–H groups in total. The number of rotatable bonds is 5. The number of nitrogens with two attached hydrogens (primary N) is 1. The van der Waals surface area contributed by atoms with E-state index in [0.717, 1.165) is 52.2 Å². The molecule has 0 saturated carbocycles. The summed E-state index contributed by atoms with van der Waals surface area (Å²) in [5, 5.41) is 74.0. The molecular formula is C57H52Cl5F3N10O13. The second kappa shape index (κ2) is 25.7. The van der Waals surface area contributed by atoms with Crippen molar-refractivity contribution in [2.75, 3.05) is 25.6 Å². The molecule has 3 aromatic carbocycles. The highest BCUT2D eigenvalue weighted by Gasteiger charge is 2.52. The number of halogens is 8. The van der Waals surface area contributed by atoms with Crippen molar-refractivity contribution < 1.29 is 77.3 Å². The molecule has 12 heterocycles. The predicted molar refractivity (Wildman–Crippen MR) is 310 cm³/mol. The van der Waals surface area contributed by atoms with Crippen LogP contribution >= 0.6 is 58.0 Å². The molecule has 0 radical (unpaired) electrons. The number of hydrogen-bond donors (Lipinski definition) is 9. The summed E-state index contributed by atoms with van der Waals surface area (Å²) in [7, 11) is 0. The molecule has 15 rings (SSSR count). The first-order valence-electron chi connectivity index (χ1n) is 27.3. The minimum Gasteiger partial charge on any atom is -0.387 e. The number of benzene rings is 3. The molecule has 88 heavy (non-hydrogen) atoms. The number of nitrogens with zero attached hydrogens (tertiary/aromatic N) is 8. The van der Waals surface area contributed by atoms with E-state index in [1.807, 2.05) is 36.4 Å². The minimum absolute atomic E-state index is 0.0164. The largest absolute Gasteiger partial charge is 0.387 e. The highest BCUT2D eigenvalue weighted by Crippen LogP contribution is 2.45. The molecule has 0 bridgehead atoms. The maximum absolute atomic E-state index is 14.4. The Bertz CT molecular complexity index is 3880. The van der Waals surface area contributed by atoms with Gasteiger partial charge in [0.25, 0.3) is 0 Å². The molecule has 6 aromatic heterocycles. The summed E-state index contributed by atoms with van der Waals surface area (Å²) >= 11 is 29.7. The van der Waals surface area contributed by atoms with Crippen LogP contribution in [0.1, 0.15) is 64.1 Å². The van der Waals surface area contributed by atoms with Crippen LogP contribution in [0.4, 0.5) is 19.0 Å². The summed E-state index contributed by atoms with van der Waals surface area (Å²) in [4.78, 5) is 25.7. The van der Waals surface area contributed by atoms with E-state index in [2.05, 4.69) is 34.9 Å². The lowest BCUT2D eigenvalue weighted by Crippen LogP contribution is -2.37. The van der Waals surface area contributed by atoms with Crippen LogP contribution in [0.2, 0.25) is 25.4 Å². The lowest BCUT2D eigenvalue weighted by molar-refractivity contribution is -0.158. The average Bonchev–Trinajstić information content (AvgIpc) is 1.94. The average molecular weight is 1320 g/mol. The highest BCUT2D eigenvalue weighted by molar-refractivity contribution is 6.34. The van der Waals surface area contributed by atoms with Gasteiger partial charge in [-0.2, -0.15) is 0 Å². The van der Waals surface area contributed by atoms with Gasteiger partial charge >= 0.3 is 0 Å². The van der Waals surface area contributed by atoms with Crippen molar-refractivity contribution in [3.63, 3.8) is 0 Å². The third-order valence-corrected chi connectivity index (χ3v) is 17.3. The first-order chi connectivity index (χ1) is 42.3. The van der Waals surface area contributed by atoms with Crippen molar-refractivity contribution in [1.82, 2.24) is 44.0 Å². The Hall–Kier alpha value is -5.96. The number of aliphatic hydroxyl groups excluding tert-OH is 7. The van der Waals surface area contributed by atoms with Gasteiger partial charge in [0, 0.05) is 33.7 Å². The predicted octanol–water partition coefficient (Wildman–Crippen LogP) is 6.69. The molecule has 6 aliphatic heterocycles. The van der Waals surface area contributed by atoms with E-state index in [4.69, 9.17) is 92.2 Å². The van der Waals surface area contributed by atoms with Crippen molar-refractivity contribution in [2.45, 2.75) is 111 Å². The van der Waals surface area contributed by atoms with Gasteiger partial charge in [-0.05, 0) is 89.0 Å². The summed E-state index contributed by atoms with van der Waals surface area (Å²) in [6.07, 6.45) is -6.19. The van der Waals surface area contributed by atoms with E-state index in [9.17, 15) is 48.9 Å². The molecule has 15 atom stereocenters. The van der Waals surface area contributed by atoms with Crippen LogP contribution in [-0.4, -0.2) is 161 Å². The number of aromatic amines is 1. The molecule has 6 aliphatic rings. The molecule has 9 aromatic rings. The second-order valence-corrected chi connectivity index (χ2v) is 23.2.